The lowest BCUT2D eigenvalue weighted by atomic mass is 9.88. The third kappa shape index (κ3) is 56.1. The molecule has 0 aliphatic carbocycles. The van der Waals surface area contributed by atoms with Crippen LogP contribution in [0.1, 0.15) is 212 Å². The van der Waals surface area contributed by atoms with E-state index in [1.807, 2.05) is 48.5 Å². The SMILES string of the molecule is CC(=O)C(C)OC(=O)/C=C/C(=O)C(C)(C)C.CC(=O)C(C)OC(=O)/C=C\C(=O)C(C)(C)C.CCCOC(=O)CCC(=O)C(C)(C)C.CCOC(=O)/C=C/C(=O)C(C)(C)C.CCOC(=O)/C=C\C(=O)C(C)(C)C.CCOC(=O)CCC(=O)C(C)(C)C. The Morgan fingerprint density at radius 3 is 0.753 bits per heavy atom. The predicted molar refractivity (Wildman–Crippen MR) is 325 cm³/mol. The van der Waals surface area contributed by atoms with E-state index in [-0.39, 0.29) is 94.7 Å². The fourth-order valence-corrected chi connectivity index (χ4v) is 4.25. The van der Waals surface area contributed by atoms with Gasteiger partial charge in [-0.1, -0.05) is 132 Å². The van der Waals surface area contributed by atoms with E-state index in [4.69, 9.17) is 18.9 Å². The largest absolute Gasteiger partial charge is 0.466 e. The molecular formula is C65H106O20. The van der Waals surface area contributed by atoms with Gasteiger partial charge in [0.15, 0.2) is 46.9 Å². The molecule has 0 heterocycles. The molecule has 0 aromatic rings. The van der Waals surface area contributed by atoms with Crippen molar-refractivity contribution in [1.29, 1.82) is 0 Å². The molecule has 2 atom stereocenters. The molecule has 486 valence electrons. The molecule has 0 spiro atoms. The van der Waals surface area contributed by atoms with Gasteiger partial charge in [0.05, 0.1) is 39.3 Å². The van der Waals surface area contributed by atoms with Crippen molar-refractivity contribution in [3.63, 3.8) is 0 Å². The highest BCUT2D eigenvalue weighted by atomic mass is 16.6. The quantitative estimate of drug-likeness (QED) is 0.0521. The zero-order chi connectivity index (χ0) is 68.5. The summed E-state index contributed by atoms with van der Waals surface area (Å²) in [5.41, 5.74) is -2.64. The maximum absolute atomic E-state index is 11.4. The zero-order valence-corrected chi connectivity index (χ0v) is 56.3. The van der Waals surface area contributed by atoms with Gasteiger partial charge in [-0.2, -0.15) is 0 Å². The molecule has 0 saturated carbocycles. The third-order valence-corrected chi connectivity index (χ3v) is 10.3. The smallest absolute Gasteiger partial charge is 0.331 e. The van der Waals surface area contributed by atoms with Crippen LogP contribution in [0.15, 0.2) is 48.6 Å². The van der Waals surface area contributed by atoms with E-state index in [1.165, 1.54) is 52.0 Å². The predicted octanol–water partition coefficient (Wildman–Crippen LogP) is 11.1. The Balaban J connectivity index is -0.000000221. The average molecular weight is 1210 g/mol. The van der Waals surface area contributed by atoms with E-state index in [0.717, 1.165) is 30.7 Å². The van der Waals surface area contributed by atoms with Crippen molar-refractivity contribution in [1.82, 2.24) is 0 Å². The summed E-state index contributed by atoms with van der Waals surface area (Å²) in [5.74, 6) is -3.63. The second-order valence-electron chi connectivity index (χ2n) is 25.0. The molecule has 0 aromatic carbocycles. The molecule has 0 fully saturated rings. The molecule has 2 unspecified atom stereocenters. The standard InChI is InChI=1S/2C12H18O4.C11H20O3.C10H18O3.2C10H16O3/c2*1-8(13)9(2)16-11(15)7-6-10(14)12(3,4)5;1-5-8-14-10(13)7-6-9(12)11(2,3)4;3*1-5-13-9(12)7-6-8(11)10(2,3)4/h2*6-7,9H,1-5H3;5-8H2,1-4H3;5-7H2,1-4H3;2*6-7H,5H2,1-4H3/b7-6+;7-6-;;;7-6+;7-6-. The van der Waals surface area contributed by atoms with Crippen LogP contribution >= 0.6 is 0 Å². The van der Waals surface area contributed by atoms with Crippen molar-refractivity contribution in [2.75, 3.05) is 26.4 Å². The highest BCUT2D eigenvalue weighted by Crippen LogP contribution is 2.20. The molecule has 20 nitrogen and oxygen atoms in total. The Morgan fingerprint density at radius 2 is 0.553 bits per heavy atom. The fourth-order valence-electron chi connectivity index (χ4n) is 4.25. The summed E-state index contributed by atoms with van der Waals surface area (Å²) in [6, 6.07) is 0. The summed E-state index contributed by atoms with van der Waals surface area (Å²) >= 11 is 0. The molecular weight excluding hydrogens is 1100 g/mol. The number of allylic oxidation sites excluding steroid dienone is 4. The number of rotatable bonds is 23. The lowest BCUT2D eigenvalue weighted by Gasteiger charge is -2.15. The topological polar surface area (TPSA) is 294 Å². The number of hydrogen-bond acceptors (Lipinski definition) is 20. The number of carbonyl (C=O) groups is 14. The number of esters is 6. The van der Waals surface area contributed by atoms with Gasteiger partial charge >= 0.3 is 35.8 Å². The van der Waals surface area contributed by atoms with Gasteiger partial charge in [-0.15, -0.1) is 0 Å². The van der Waals surface area contributed by atoms with Crippen LogP contribution in [-0.2, 0) is 95.5 Å². The summed E-state index contributed by atoms with van der Waals surface area (Å²) in [6.07, 6.45) is 9.53. The highest BCUT2D eigenvalue weighted by molar-refractivity contribution is 6.01. The zero-order valence-electron chi connectivity index (χ0n) is 56.3. The van der Waals surface area contributed by atoms with Gasteiger partial charge in [0.25, 0.3) is 0 Å². The van der Waals surface area contributed by atoms with Gasteiger partial charge in [0.2, 0.25) is 0 Å². The Morgan fingerprint density at radius 1 is 0.318 bits per heavy atom. The summed E-state index contributed by atoms with van der Waals surface area (Å²) in [4.78, 5) is 156. The Kier molecular flexibility index (Phi) is 46.9. The second kappa shape index (κ2) is 44.6. The van der Waals surface area contributed by atoms with E-state index in [9.17, 15) is 67.1 Å². The molecule has 0 bridgehead atoms. The molecule has 0 amide bonds. The molecule has 0 aliphatic heterocycles. The monoisotopic (exact) mass is 1210 g/mol. The van der Waals surface area contributed by atoms with Crippen LogP contribution in [0.5, 0.6) is 0 Å². The molecule has 0 radical (unpaired) electrons. The first-order valence-electron chi connectivity index (χ1n) is 28.3. The fraction of sp³-hybridized carbons (Fsp3) is 0.662. The molecule has 0 aliphatic rings. The van der Waals surface area contributed by atoms with E-state index in [0.29, 0.717) is 26.4 Å². The summed E-state index contributed by atoms with van der Waals surface area (Å²) in [7, 11) is 0. The van der Waals surface area contributed by atoms with Gasteiger partial charge in [0.1, 0.15) is 11.6 Å². The van der Waals surface area contributed by atoms with Crippen molar-refractivity contribution < 1.29 is 95.5 Å². The average Bonchev–Trinajstić information content (AvgIpc) is 3.36. The first-order chi connectivity index (χ1) is 38.3. The molecule has 0 N–H and O–H groups in total. The van der Waals surface area contributed by atoms with Crippen LogP contribution in [0.4, 0.5) is 0 Å². The van der Waals surface area contributed by atoms with Crippen molar-refractivity contribution in [3.8, 4) is 0 Å². The summed E-state index contributed by atoms with van der Waals surface area (Å²) in [6.45, 7) is 46.7. The Hall–Kier alpha value is -6.86. The normalized spacial score (nSPS) is 12.2. The van der Waals surface area contributed by atoms with Crippen molar-refractivity contribution in [2.24, 2.45) is 32.5 Å². The van der Waals surface area contributed by atoms with Gasteiger partial charge in [-0.05, 0) is 79.2 Å². The molecule has 0 rings (SSSR count). The number of ketones is 8. The van der Waals surface area contributed by atoms with E-state index in [1.54, 1.807) is 104 Å². The third-order valence-electron chi connectivity index (χ3n) is 10.3. The van der Waals surface area contributed by atoms with Crippen molar-refractivity contribution in [3.05, 3.63) is 48.6 Å². The maximum atomic E-state index is 11.4. The molecule has 85 heavy (non-hydrogen) atoms. The lowest BCUT2D eigenvalue weighted by Crippen LogP contribution is -2.21. The number of Topliss-reactive ketones (excluding diaryl/α,β-unsaturated/α-hetero) is 4. The van der Waals surface area contributed by atoms with Crippen LogP contribution in [0.3, 0.4) is 0 Å². The van der Waals surface area contributed by atoms with E-state index in [2.05, 4.69) is 9.47 Å². The second-order valence-corrected chi connectivity index (χ2v) is 25.0. The van der Waals surface area contributed by atoms with E-state index < -0.39 is 57.7 Å². The minimum Gasteiger partial charge on any atom is -0.466 e. The lowest BCUT2D eigenvalue weighted by molar-refractivity contribution is -0.148. The number of ether oxygens (including phenoxy) is 6. The molecule has 0 aromatic heterocycles. The van der Waals surface area contributed by atoms with Gasteiger partial charge in [0, 0.05) is 69.6 Å². The van der Waals surface area contributed by atoms with Crippen LogP contribution in [0.25, 0.3) is 0 Å². The Labute approximate surface area is 507 Å². The van der Waals surface area contributed by atoms with E-state index >= 15 is 0 Å². The minimum atomic E-state index is -0.776. The van der Waals surface area contributed by atoms with Gasteiger partial charge in [-0.25, -0.2) is 19.2 Å². The van der Waals surface area contributed by atoms with Crippen molar-refractivity contribution in [2.45, 2.75) is 224 Å². The number of carbonyl (C=O) groups excluding carboxylic acids is 14. The highest BCUT2D eigenvalue weighted by Gasteiger charge is 2.24. The molecule has 0 saturated heterocycles. The summed E-state index contributed by atoms with van der Waals surface area (Å²) < 4.78 is 28.3. The van der Waals surface area contributed by atoms with Crippen LogP contribution in [0, 0.1) is 32.5 Å². The van der Waals surface area contributed by atoms with Crippen LogP contribution < -0.4 is 0 Å². The molecule has 20 heteroatoms. The minimum absolute atomic E-state index is 0.0828. The summed E-state index contributed by atoms with van der Waals surface area (Å²) in [5, 5.41) is 0. The van der Waals surface area contributed by atoms with Crippen molar-refractivity contribution >= 4 is 82.1 Å². The van der Waals surface area contributed by atoms with Crippen LogP contribution in [-0.4, -0.2) is 121 Å². The number of hydrogen-bond donors (Lipinski definition) is 0. The van der Waals surface area contributed by atoms with Gasteiger partial charge in [-0.3, -0.25) is 47.9 Å². The first kappa shape index (κ1) is 89.3. The van der Waals surface area contributed by atoms with Crippen LogP contribution in [0.2, 0.25) is 0 Å². The Bertz CT molecular complexity index is 2180. The first-order valence-corrected chi connectivity index (χ1v) is 28.3. The maximum Gasteiger partial charge on any atom is 0.331 e. The van der Waals surface area contributed by atoms with Gasteiger partial charge < -0.3 is 28.4 Å².